The van der Waals surface area contributed by atoms with Crippen molar-refractivity contribution in [1.82, 2.24) is 0 Å². The molecule has 0 aliphatic carbocycles. The van der Waals surface area contributed by atoms with Crippen LogP contribution >= 0.6 is 15.9 Å². The molecule has 0 aliphatic rings. The number of rotatable bonds is 2. The van der Waals surface area contributed by atoms with Gasteiger partial charge in [0.05, 0.1) is 5.56 Å². The Bertz CT molecular complexity index is 868. The van der Waals surface area contributed by atoms with Crippen molar-refractivity contribution >= 4 is 32.7 Å². The number of benzene rings is 2. The highest BCUT2D eigenvalue weighted by Gasteiger charge is 2.20. The monoisotopic (exact) mass is 350 g/mol. The van der Waals surface area contributed by atoms with E-state index in [0.717, 1.165) is 21.5 Å². The second-order valence-electron chi connectivity index (χ2n) is 4.68. The number of hydrogen-bond acceptors (Lipinski definition) is 2. The number of halogens is 3. The smallest absolute Gasteiger partial charge is 0.231 e. The van der Waals surface area contributed by atoms with E-state index in [0.29, 0.717) is 5.58 Å². The van der Waals surface area contributed by atoms with Gasteiger partial charge in [-0.1, -0.05) is 22.0 Å². The predicted molar refractivity (Wildman–Crippen MR) is 78.4 cm³/mol. The maximum atomic E-state index is 13.7. The van der Waals surface area contributed by atoms with Crippen LogP contribution in [-0.4, -0.2) is 5.78 Å². The first-order valence-electron chi connectivity index (χ1n) is 6.16. The van der Waals surface area contributed by atoms with E-state index >= 15 is 0 Å². The zero-order valence-corrected chi connectivity index (χ0v) is 12.5. The van der Waals surface area contributed by atoms with Crippen molar-refractivity contribution in [2.24, 2.45) is 0 Å². The van der Waals surface area contributed by atoms with Crippen molar-refractivity contribution in [3.8, 4) is 0 Å². The average molecular weight is 351 g/mol. The maximum absolute atomic E-state index is 13.7. The van der Waals surface area contributed by atoms with E-state index in [9.17, 15) is 13.6 Å². The lowest BCUT2D eigenvalue weighted by Crippen LogP contribution is -2.04. The summed E-state index contributed by atoms with van der Waals surface area (Å²) in [5.74, 6) is -2.92. The Labute approximate surface area is 127 Å². The Kier molecular flexibility index (Phi) is 3.37. The minimum atomic E-state index is -1.17. The summed E-state index contributed by atoms with van der Waals surface area (Å²) >= 11 is 3.36. The van der Waals surface area contributed by atoms with Gasteiger partial charge < -0.3 is 4.42 Å². The fourth-order valence-electron chi connectivity index (χ4n) is 2.21. The van der Waals surface area contributed by atoms with Crippen LogP contribution in [0.5, 0.6) is 0 Å². The molecule has 0 aliphatic heterocycles. The number of ketones is 1. The summed E-state index contributed by atoms with van der Waals surface area (Å²) in [7, 11) is 0. The van der Waals surface area contributed by atoms with Crippen LogP contribution in [0.4, 0.5) is 8.78 Å². The first-order valence-corrected chi connectivity index (χ1v) is 6.95. The molecule has 0 bridgehead atoms. The summed E-state index contributed by atoms with van der Waals surface area (Å²) in [4.78, 5) is 12.3. The van der Waals surface area contributed by atoms with Gasteiger partial charge in [-0.25, -0.2) is 8.78 Å². The van der Waals surface area contributed by atoms with Gasteiger partial charge in [-0.05, 0) is 42.8 Å². The minimum Gasteiger partial charge on any atom is -0.452 e. The van der Waals surface area contributed by atoms with E-state index in [-0.39, 0.29) is 11.3 Å². The number of aryl methyl sites for hydroxylation is 1. The molecule has 0 atom stereocenters. The standard InChI is InChI=1S/C16H9BrF2O2/c1-8-5-10(17)6-9-7-13(21-16(8)9)15(20)11-3-2-4-12(18)14(11)19/h2-7H,1H3. The van der Waals surface area contributed by atoms with E-state index < -0.39 is 17.4 Å². The Morgan fingerprint density at radius 3 is 2.71 bits per heavy atom. The Morgan fingerprint density at radius 2 is 1.95 bits per heavy atom. The fraction of sp³-hybridized carbons (Fsp3) is 0.0625. The van der Waals surface area contributed by atoms with E-state index in [1.807, 2.05) is 13.0 Å². The lowest BCUT2D eigenvalue weighted by atomic mass is 10.1. The van der Waals surface area contributed by atoms with Gasteiger partial charge in [0.1, 0.15) is 5.58 Å². The molecule has 1 heterocycles. The van der Waals surface area contributed by atoms with Crippen LogP contribution in [0, 0.1) is 18.6 Å². The van der Waals surface area contributed by atoms with E-state index in [4.69, 9.17) is 4.42 Å². The first-order chi connectivity index (χ1) is 9.97. The third kappa shape index (κ3) is 2.38. The molecule has 0 unspecified atom stereocenters. The highest BCUT2D eigenvalue weighted by Crippen LogP contribution is 2.28. The van der Waals surface area contributed by atoms with Gasteiger partial charge in [0, 0.05) is 9.86 Å². The molecule has 0 amide bonds. The first kappa shape index (κ1) is 13.9. The van der Waals surface area contributed by atoms with Crippen LogP contribution in [-0.2, 0) is 0 Å². The molecule has 3 aromatic rings. The van der Waals surface area contributed by atoms with Crippen LogP contribution < -0.4 is 0 Å². The molecule has 1 aromatic heterocycles. The van der Waals surface area contributed by atoms with Crippen molar-refractivity contribution in [3.63, 3.8) is 0 Å². The molecule has 0 N–H and O–H groups in total. The number of carbonyl (C=O) groups excluding carboxylic acids is 1. The largest absolute Gasteiger partial charge is 0.452 e. The zero-order chi connectivity index (χ0) is 15.1. The summed E-state index contributed by atoms with van der Waals surface area (Å²) in [5.41, 5.74) is 1.06. The molecular weight excluding hydrogens is 342 g/mol. The van der Waals surface area contributed by atoms with E-state index in [1.165, 1.54) is 18.2 Å². The molecule has 5 heteroatoms. The van der Waals surface area contributed by atoms with Crippen molar-refractivity contribution in [1.29, 1.82) is 0 Å². The van der Waals surface area contributed by atoms with Gasteiger partial charge in [-0.2, -0.15) is 0 Å². The molecule has 0 saturated heterocycles. The third-order valence-corrected chi connectivity index (χ3v) is 3.64. The molecule has 0 spiro atoms. The lowest BCUT2D eigenvalue weighted by molar-refractivity contribution is 0.101. The summed E-state index contributed by atoms with van der Waals surface area (Å²) in [5, 5.41) is 0.724. The normalized spacial score (nSPS) is 11.0. The topological polar surface area (TPSA) is 30.2 Å². The van der Waals surface area contributed by atoms with Gasteiger partial charge in [0.25, 0.3) is 0 Å². The van der Waals surface area contributed by atoms with E-state index in [1.54, 1.807) is 6.07 Å². The highest BCUT2D eigenvalue weighted by molar-refractivity contribution is 9.10. The summed E-state index contributed by atoms with van der Waals surface area (Å²) in [6.45, 7) is 1.84. The second kappa shape index (κ2) is 5.07. The lowest BCUT2D eigenvalue weighted by Gasteiger charge is -2.00. The van der Waals surface area contributed by atoms with Gasteiger partial charge in [0.15, 0.2) is 17.4 Å². The number of fused-ring (bicyclic) bond motifs is 1. The van der Waals surface area contributed by atoms with Crippen molar-refractivity contribution in [2.45, 2.75) is 6.92 Å². The van der Waals surface area contributed by atoms with Crippen LogP contribution in [0.25, 0.3) is 11.0 Å². The molecule has 0 saturated carbocycles. The second-order valence-corrected chi connectivity index (χ2v) is 5.60. The Hall–Kier alpha value is -2.01. The molecule has 0 radical (unpaired) electrons. The Morgan fingerprint density at radius 1 is 1.19 bits per heavy atom. The number of hydrogen-bond donors (Lipinski definition) is 0. The van der Waals surface area contributed by atoms with Crippen LogP contribution in [0.2, 0.25) is 0 Å². The number of carbonyl (C=O) groups is 1. The highest BCUT2D eigenvalue weighted by atomic mass is 79.9. The molecule has 3 rings (SSSR count). The molecule has 2 nitrogen and oxygen atoms in total. The van der Waals surface area contributed by atoms with Crippen LogP contribution in [0.1, 0.15) is 21.7 Å². The SMILES string of the molecule is Cc1cc(Br)cc2cc(C(=O)c3cccc(F)c3F)oc12. The molecular formula is C16H9BrF2O2. The van der Waals surface area contributed by atoms with Gasteiger partial charge in [-0.15, -0.1) is 0 Å². The van der Waals surface area contributed by atoms with Crippen LogP contribution in [0.15, 0.2) is 45.3 Å². The molecule has 21 heavy (non-hydrogen) atoms. The predicted octanol–water partition coefficient (Wildman–Crippen LogP) is 5.01. The van der Waals surface area contributed by atoms with E-state index in [2.05, 4.69) is 15.9 Å². The van der Waals surface area contributed by atoms with Crippen molar-refractivity contribution < 1.29 is 18.0 Å². The van der Waals surface area contributed by atoms with Gasteiger partial charge in [0.2, 0.25) is 5.78 Å². The zero-order valence-electron chi connectivity index (χ0n) is 10.9. The average Bonchev–Trinajstić information content (AvgIpc) is 2.85. The summed E-state index contributed by atoms with van der Waals surface area (Å²) < 4.78 is 33.3. The quantitative estimate of drug-likeness (QED) is 0.608. The molecule has 2 aromatic carbocycles. The minimum absolute atomic E-state index is 0.0179. The summed E-state index contributed by atoms with van der Waals surface area (Å²) in [6, 6.07) is 8.66. The van der Waals surface area contributed by atoms with Gasteiger partial charge in [-0.3, -0.25) is 4.79 Å². The van der Waals surface area contributed by atoms with Gasteiger partial charge >= 0.3 is 0 Å². The van der Waals surface area contributed by atoms with Crippen LogP contribution in [0.3, 0.4) is 0 Å². The Balaban J connectivity index is 2.14. The maximum Gasteiger partial charge on any atom is 0.231 e. The molecule has 106 valence electrons. The third-order valence-electron chi connectivity index (χ3n) is 3.19. The summed E-state index contributed by atoms with van der Waals surface area (Å²) in [6.07, 6.45) is 0. The fourth-order valence-corrected chi connectivity index (χ4v) is 2.80. The molecule has 0 fully saturated rings. The van der Waals surface area contributed by atoms with Crippen molar-refractivity contribution in [3.05, 3.63) is 69.4 Å². The number of furan rings is 1. The van der Waals surface area contributed by atoms with Crippen molar-refractivity contribution in [2.75, 3.05) is 0 Å².